The fourth-order valence-corrected chi connectivity index (χ4v) is 1.08. The van der Waals surface area contributed by atoms with Crippen molar-refractivity contribution in [1.82, 2.24) is 14.8 Å². The summed E-state index contributed by atoms with van der Waals surface area (Å²) in [6.45, 7) is 1.71. The molecule has 0 aliphatic rings. The second-order valence-corrected chi connectivity index (χ2v) is 2.65. The molecule has 64 valence electrons. The van der Waals surface area contributed by atoms with Crippen LogP contribution in [-0.4, -0.2) is 29.5 Å². The second-order valence-electron chi connectivity index (χ2n) is 2.65. The Bertz CT molecular complexity index is 470. The summed E-state index contributed by atoms with van der Waals surface area (Å²) in [5.74, 6) is 2.21. The molecule has 0 atom stereocenters. The Hall–Kier alpha value is -1.78. The minimum atomic E-state index is 0.245. The summed E-state index contributed by atoms with van der Waals surface area (Å²) < 4.78 is 1.41. The van der Waals surface area contributed by atoms with Crippen LogP contribution in [0, 0.1) is 4.91 Å². The summed E-state index contributed by atoms with van der Waals surface area (Å²) in [4.78, 5) is 14.2. The second kappa shape index (κ2) is 3.53. The first kappa shape index (κ1) is 8.80. The molecule has 0 N–H and O–H groups in total. The number of hydrogen-bond acceptors (Lipinski definition) is 4. The first-order valence-electron chi connectivity index (χ1n) is 3.90. The van der Waals surface area contributed by atoms with Gasteiger partial charge in [0, 0.05) is 0 Å². The molecule has 0 bridgehead atoms. The van der Waals surface area contributed by atoms with Crippen LogP contribution in [-0.2, 0) is 0 Å². The standard InChI is InChI=1S/C7H4B2N4O/c8-6-7(10-2-1-9-6)13-4-5(12-14)3-11-13/h1-4H. The molecule has 2 radical (unpaired) electrons. The Kier molecular flexibility index (Phi) is 2.22. The van der Waals surface area contributed by atoms with Gasteiger partial charge in [-0.15, -0.1) is 0 Å². The predicted molar refractivity (Wildman–Crippen MR) is 53.5 cm³/mol. The fraction of sp³-hybridized carbons (Fsp3) is 0. The van der Waals surface area contributed by atoms with Crippen LogP contribution in [0.5, 0.6) is 0 Å². The van der Waals surface area contributed by atoms with Gasteiger partial charge in [-0.2, -0.15) is 0 Å². The van der Waals surface area contributed by atoms with Gasteiger partial charge >= 0.3 is 81.0 Å². The monoisotopic (exact) mass is 182 g/mol. The average Bonchev–Trinajstić information content (AvgIpc) is 2.67. The van der Waals surface area contributed by atoms with Crippen LogP contribution < -0.4 is 5.36 Å². The zero-order valence-corrected chi connectivity index (χ0v) is 7.16. The first-order chi connectivity index (χ1) is 6.81. The average molecular weight is 182 g/mol. The van der Waals surface area contributed by atoms with Gasteiger partial charge in [-0.3, -0.25) is 0 Å². The summed E-state index contributed by atoms with van der Waals surface area (Å²) >= 11 is 0. The van der Waals surface area contributed by atoms with Crippen molar-refractivity contribution in [3.63, 3.8) is 0 Å². The van der Waals surface area contributed by atoms with Crippen LogP contribution >= 0.6 is 0 Å². The van der Waals surface area contributed by atoms with Gasteiger partial charge in [-0.25, -0.2) is 0 Å². The SMILES string of the molecule is [B]c1bccnc1-n1cc(N=O)cn1. The molecule has 2 aromatic heterocycles. The molecule has 2 heterocycles. The molecule has 2 aromatic rings. The zero-order chi connectivity index (χ0) is 9.97. The van der Waals surface area contributed by atoms with E-state index in [4.69, 9.17) is 7.85 Å². The zero-order valence-electron chi connectivity index (χ0n) is 7.16. The molecule has 14 heavy (non-hydrogen) atoms. The Labute approximate surface area is 81.8 Å². The van der Waals surface area contributed by atoms with Gasteiger partial charge in [-0.05, 0) is 0 Å². The third-order valence-electron chi connectivity index (χ3n) is 1.71. The van der Waals surface area contributed by atoms with Crippen molar-refractivity contribution >= 4 is 25.8 Å². The van der Waals surface area contributed by atoms with Crippen LogP contribution in [0.15, 0.2) is 29.7 Å². The molecule has 0 aromatic carbocycles. The Morgan fingerprint density at radius 3 is 3.07 bits per heavy atom. The molecule has 0 spiro atoms. The van der Waals surface area contributed by atoms with Gasteiger partial charge < -0.3 is 0 Å². The molecule has 0 saturated carbocycles. The summed E-state index contributed by atoms with van der Waals surface area (Å²) in [6, 6.07) is 0. The molecule has 0 aliphatic heterocycles. The Morgan fingerprint density at radius 1 is 1.57 bits per heavy atom. The van der Waals surface area contributed by atoms with Crippen molar-refractivity contribution in [2.24, 2.45) is 5.18 Å². The van der Waals surface area contributed by atoms with Crippen LogP contribution in [0.1, 0.15) is 0 Å². The first-order valence-corrected chi connectivity index (χ1v) is 3.90. The number of hydrogen-bond donors (Lipinski definition) is 0. The summed E-state index contributed by atoms with van der Waals surface area (Å²) in [7, 11) is 5.67. The normalized spacial score (nSPS) is 9.71. The van der Waals surface area contributed by atoms with E-state index in [2.05, 4.69) is 15.3 Å². The van der Waals surface area contributed by atoms with Crippen LogP contribution in [0.3, 0.4) is 0 Å². The van der Waals surface area contributed by atoms with E-state index >= 15 is 0 Å². The minimum absolute atomic E-state index is 0.245. The van der Waals surface area contributed by atoms with Crippen LogP contribution in [0.25, 0.3) is 5.82 Å². The maximum absolute atomic E-state index is 10.2. The van der Waals surface area contributed by atoms with Crippen molar-refractivity contribution in [3.05, 3.63) is 29.5 Å². The van der Waals surface area contributed by atoms with E-state index in [1.54, 1.807) is 19.1 Å². The Morgan fingerprint density at radius 2 is 2.43 bits per heavy atom. The van der Waals surface area contributed by atoms with Crippen molar-refractivity contribution in [3.8, 4) is 5.82 Å². The van der Waals surface area contributed by atoms with E-state index in [0.29, 0.717) is 11.2 Å². The molecule has 7 heteroatoms. The van der Waals surface area contributed by atoms with E-state index in [0.717, 1.165) is 0 Å². The third-order valence-corrected chi connectivity index (χ3v) is 1.71. The fourth-order valence-electron chi connectivity index (χ4n) is 1.08. The van der Waals surface area contributed by atoms with E-state index in [-0.39, 0.29) is 5.69 Å². The third kappa shape index (κ3) is 1.48. The van der Waals surface area contributed by atoms with Gasteiger partial charge in [0.05, 0.1) is 0 Å². The topological polar surface area (TPSA) is 60.1 Å². The van der Waals surface area contributed by atoms with Gasteiger partial charge in [-0.1, -0.05) is 0 Å². The van der Waals surface area contributed by atoms with Crippen LogP contribution in [0.4, 0.5) is 5.69 Å². The predicted octanol–water partition coefficient (Wildman–Crippen LogP) is -0.203. The Balaban J connectivity index is 2.49. The number of aromatic nitrogens is 3. The number of rotatable bonds is 2. The van der Waals surface area contributed by atoms with Gasteiger partial charge in [0.15, 0.2) is 0 Å². The van der Waals surface area contributed by atoms with Gasteiger partial charge in [0.2, 0.25) is 0 Å². The molecule has 0 fully saturated rings. The van der Waals surface area contributed by atoms with E-state index in [1.165, 1.54) is 17.1 Å². The van der Waals surface area contributed by atoms with E-state index in [1.807, 2.05) is 0 Å². The number of nitroso groups, excluding NO2 is 1. The quantitative estimate of drug-likeness (QED) is 0.476. The molecule has 0 saturated heterocycles. The van der Waals surface area contributed by atoms with Gasteiger partial charge in [0.25, 0.3) is 0 Å². The van der Waals surface area contributed by atoms with Crippen molar-refractivity contribution in [1.29, 1.82) is 0 Å². The summed E-state index contributed by atoms with van der Waals surface area (Å²) in [5, 5.41) is 7.14. The molecular weight excluding hydrogens is 178 g/mol. The van der Waals surface area contributed by atoms with E-state index in [9.17, 15) is 4.91 Å². The molecule has 0 amide bonds. The van der Waals surface area contributed by atoms with Crippen molar-refractivity contribution in [2.45, 2.75) is 0 Å². The van der Waals surface area contributed by atoms with Crippen LogP contribution in [0.2, 0.25) is 0 Å². The van der Waals surface area contributed by atoms with E-state index < -0.39 is 0 Å². The van der Waals surface area contributed by atoms with Crippen molar-refractivity contribution < 1.29 is 0 Å². The molecule has 5 nitrogen and oxygen atoms in total. The number of nitrogens with zero attached hydrogens (tertiary/aromatic N) is 4. The molecule has 0 aliphatic carbocycles. The van der Waals surface area contributed by atoms with Crippen molar-refractivity contribution in [2.75, 3.05) is 0 Å². The molecule has 0 unspecified atom stereocenters. The van der Waals surface area contributed by atoms with Gasteiger partial charge in [0.1, 0.15) is 0 Å². The summed E-state index contributed by atoms with van der Waals surface area (Å²) in [5.41, 5.74) is 0.245. The molecular formula is C7H4B2N4O. The molecule has 2 rings (SSSR count). The maximum atomic E-state index is 10.2. The summed E-state index contributed by atoms with van der Waals surface area (Å²) in [6.07, 6.45) is 4.41.